The Kier molecular flexibility index (Phi) is 7.32. The van der Waals surface area contributed by atoms with Gasteiger partial charge in [-0.05, 0) is 37.1 Å². The molecule has 2 aliphatic rings. The van der Waals surface area contributed by atoms with E-state index >= 15 is 0 Å². The van der Waals surface area contributed by atoms with Crippen molar-refractivity contribution >= 4 is 0 Å². The number of halogens is 6. The quantitative estimate of drug-likeness (QED) is 0.347. The number of rotatable bonds is 7. The Morgan fingerprint density at radius 2 is 1.57 bits per heavy atom. The first kappa shape index (κ1) is 25.4. The van der Waals surface area contributed by atoms with Crippen LogP contribution in [0.1, 0.15) is 43.2 Å². The number of methoxy groups -OCH3 is 1. The fourth-order valence-electron chi connectivity index (χ4n) is 4.44. The van der Waals surface area contributed by atoms with Crippen LogP contribution in [-0.4, -0.2) is 42.1 Å². The van der Waals surface area contributed by atoms with E-state index in [0.717, 1.165) is 43.7 Å². The Morgan fingerprint density at radius 1 is 0.914 bits per heavy atom. The summed E-state index contributed by atoms with van der Waals surface area (Å²) >= 11 is 0. The molecule has 3 heterocycles. The summed E-state index contributed by atoms with van der Waals surface area (Å²) in [5.41, 5.74) is -1.72. The molecule has 2 saturated heterocycles. The molecule has 0 saturated carbocycles. The predicted octanol–water partition coefficient (Wildman–Crippen LogP) is 5.86. The summed E-state index contributed by atoms with van der Waals surface area (Å²) in [4.78, 5) is 9.64. The van der Waals surface area contributed by atoms with Crippen LogP contribution < -0.4 is 14.3 Å². The summed E-state index contributed by atoms with van der Waals surface area (Å²) in [6.07, 6.45) is -5.07. The lowest BCUT2D eigenvalue weighted by Gasteiger charge is -2.46. The van der Waals surface area contributed by atoms with Crippen molar-refractivity contribution in [2.75, 3.05) is 13.9 Å². The molecule has 2 fully saturated rings. The number of nitrogens with zero attached hydrogens (tertiary/aromatic N) is 2. The third-order valence-electron chi connectivity index (χ3n) is 6.02. The second-order valence-electron chi connectivity index (χ2n) is 8.49. The third-order valence-corrected chi connectivity index (χ3v) is 6.02. The van der Waals surface area contributed by atoms with Crippen LogP contribution in [0.2, 0.25) is 0 Å². The monoisotopic (exact) mass is 506 g/mol. The Bertz CT molecular complexity index is 985. The van der Waals surface area contributed by atoms with Crippen LogP contribution in [0.4, 0.5) is 26.3 Å². The third kappa shape index (κ3) is 6.10. The van der Waals surface area contributed by atoms with E-state index in [-0.39, 0.29) is 42.4 Å². The summed E-state index contributed by atoms with van der Waals surface area (Å²) < 4.78 is 94.0. The molecular weight excluding hydrogens is 482 g/mol. The fourth-order valence-corrected chi connectivity index (χ4v) is 4.44. The van der Waals surface area contributed by atoms with Crippen LogP contribution in [0.3, 0.4) is 0 Å². The molecule has 0 radical (unpaired) electrons. The lowest BCUT2D eigenvalue weighted by molar-refractivity contribution is -0.185. The van der Waals surface area contributed by atoms with Gasteiger partial charge in [-0.15, -0.1) is 5.06 Å². The molecule has 0 unspecified atom stereocenters. The van der Waals surface area contributed by atoms with Gasteiger partial charge in [0.15, 0.2) is 18.3 Å². The molecule has 1 aromatic carbocycles. The van der Waals surface area contributed by atoms with E-state index in [2.05, 4.69) is 4.98 Å². The van der Waals surface area contributed by atoms with Gasteiger partial charge in [0.25, 0.3) is 0 Å². The molecule has 2 aromatic rings. The standard InChI is InChI=1S/C23H24F6N2O4/c1-32-13-33-20-9-14(22(24,25)26)5-7-19(20)34-18-10-16-3-2-4-17(11-18)31(16)35-21-8-6-15(12-30-21)23(27,28)29/h5-9,12,16-18H,2-4,10-11,13H2,1H3/t16-,17+,18+. The van der Waals surface area contributed by atoms with E-state index in [1.165, 1.54) is 19.2 Å². The van der Waals surface area contributed by atoms with Gasteiger partial charge in [0.05, 0.1) is 11.1 Å². The molecule has 12 heteroatoms. The summed E-state index contributed by atoms with van der Waals surface area (Å²) in [5.74, 6) is 0.170. The minimum atomic E-state index is -4.53. The van der Waals surface area contributed by atoms with Gasteiger partial charge in [-0.25, -0.2) is 4.98 Å². The van der Waals surface area contributed by atoms with Crippen molar-refractivity contribution in [2.24, 2.45) is 0 Å². The topological polar surface area (TPSA) is 53.0 Å². The largest absolute Gasteiger partial charge is 0.486 e. The highest BCUT2D eigenvalue weighted by Gasteiger charge is 2.42. The lowest BCUT2D eigenvalue weighted by Crippen LogP contribution is -2.55. The highest BCUT2D eigenvalue weighted by Crippen LogP contribution is 2.40. The normalized spacial score (nSPS) is 23.1. The molecule has 0 aliphatic carbocycles. The van der Waals surface area contributed by atoms with Gasteiger partial charge in [0.2, 0.25) is 5.88 Å². The van der Waals surface area contributed by atoms with Gasteiger partial charge in [-0.1, -0.05) is 6.42 Å². The molecule has 2 aliphatic heterocycles. The van der Waals surface area contributed by atoms with Gasteiger partial charge >= 0.3 is 12.4 Å². The number of alkyl halides is 6. The molecule has 2 bridgehead atoms. The second-order valence-corrected chi connectivity index (χ2v) is 8.49. The Hall–Kier alpha value is -2.73. The average Bonchev–Trinajstić information content (AvgIpc) is 2.78. The van der Waals surface area contributed by atoms with Gasteiger partial charge in [0.1, 0.15) is 6.10 Å². The van der Waals surface area contributed by atoms with Crippen LogP contribution in [-0.2, 0) is 17.1 Å². The van der Waals surface area contributed by atoms with Crippen molar-refractivity contribution in [1.29, 1.82) is 0 Å². The number of piperidine rings is 2. The van der Waals surface area contributed by atoms with E-state index in [0.29, 0.717) is 12.8 Å². The highest BCUT2D eigenvalue weighted by molar-refractivity contribution is 5.44. The van der Waals surface area contributed by atoms with E-state index < -0.39 is 23.5 Å². The van der Waals surface area contributed by atoms with Crippen molar-refractivity contribution in [2.45, 2.75) is 62.6 Å². The van der Waals surface area contributed by atoms with Crippen LogP contribution in [0.5, 0.6) is 17.4 Å². The summed E-state index contributed by atoms with van der Waals surface area (Å²) in [6.45, 7) is -0.241. The number of benzene rings is 1. The number of pyridine rings is 1. The number of ether oxygens (including phenoxy) is 3. The first-order valence-electron chi connectivity index (χ1n) is 11.0. The predicted molar refractivity (Wildman–Crippen MR) is 111 cm³/mol. The van der Waals surface area contributed by atoms with E-state index in [9.17, 15) is 26.3 Å². The van der Waals surface area contributed by atoms with Gasteiger partial charge < -0.3 is 19.0 Å². The molecule has 0 spiro atoms. The Morgan fingerprint density at radius 3 is 2.14 bits per heavy atom. The SMILES string of the molecule is COCOc1cc(C(F)(F)F)ccc1O[C@H]1C[C@H]2CCC[C@@H](C1)N2Oc1ccc(C(F)(F)F)cn1. The van der Waals surface area contributed by atoms with Crippen LogP contribution in [0.25, 0.3) is 0 Å². The highest BCUT2D eigenvalue weighted by atomic mass is 19.4. The van der Waals surface area contributed by atoms with Crippen LogP contribution >= 0.6 is 0 Å². The maximum atomic E-state index is 13.1. The van der Waals surface area contributed by atoms with E-state index in [1.807, 2.05) is 0 Å². The molecule has 3 atom stereocenters. The molecule has 1 aromatic heterocycles. The molecular formula is C23H24F6N2O4. The zero-order chi connectivity index (χ0) is 25.2. The molecule has 192 valence electrons. The van der Waals surface area contributed by atoms with Gasteiger partial charge in [-0.3, -0.25) is 0 Å². The number of aromatic nitrogens is 1. The molecule has 6 nitrogen and oxygen atoms in total. The van der Waals surface area contributed by atoms with Gasteiger partial charge in [0, 0.05) is 44.3 Å². The summed E-state index contributed by atoms with van der Waals surface area (Å²) in [7, 11) is 1.36. The maximum absolute atomic E-state index is 13.1. The van der Waals surface area contributed by atoms with Crippen molar-refractivity contribution < 1.29 is 45.4 Å². The first-order chi connectivity index (χ1) is 16.5. The van der Waals surface area contributed by atoms with Crippen molar-refractivity contribution in [3.05, 3.63) is 47.7 Å². The number of hydroxylamine groups is 2. The van der Waals surface area contributed by atoms with Crippen LogP contribution in [0, 0.1) is 0 Å². The second kappa shape index (κ2) is 10.1. The van der Waals surface area contributed by atoms with Gasteiger partial charge in [-0.2, -0.15) is 26.3 Å². The maximum Gasteiger partial charge on any atom is 0.417 e. The van der Waals surface area contributed by atoms with Crippen molar-refractivity contribution in [3.63, 3.8) is 0 Å². The number of hydrogen-bond acceptors (Lipinski definition) is 6. The summed E-state index contributed by atoms with van der Waals surface area (Å²) in [5, 5.41) is 1.76. The first-order valence-corrected chi connectivity index (χ1v) is 11.0. The molecule has 35 heavy (non-hydrogen) atoms. The average molecular weight is 506 g/mol. The summed E-state index contributed by atoms with van der Waals surface area (Å²) in [6, 6.07) is 4.97. The van der Waals surface area contributed by atoms with Crippen molar-refractivity contribution in [3.8, 4) is 17.4 Å². The Balaban J connectivity index is 1.45. The van der Waals surface area contributed by atoms with E-state index in [1.54, 1.807) is 5.06 Å². The molecule has 4 rings (SSSR count). The molecule has 0 N–H and O–H groups in total. The minimum absolute atomic E-state index is 0.0623. The smallest absolute Gasteiger partial charge is 0.417 e. The van der Waals surface area contributed by atoms with E-state index in [4.69, 9.17) is 19.0 Å². The Labute approximate surface area is 197 Å². The zero-order valence-corrected chi connectivity index (χ0v) is 18.7. The number of fused-ring (bicyclic) bond motifs is 2. The fraction of sp³-hybridized carbons (Fsp3) is 0.522. The minimum Gasteiger partial charge on any atom is -0.486 e. The number of hydrogen-bond donors (Lipinski definition) is 0. The molecule has 0 amide bonds. The zero-order valence-electron chi connectivity index (χ0n) is 18.7. The lowest BCUT2D eigenvalue weighted by atomic mass is 9.84. The van der Waals surface area contributed by atoms with Crippen molar-refractivity contribution in [1.82, 2.24) is 10.0 Å². The van der Waals surface area contributed by atoms with Crippen LogP contribution in [0.15, 0.2) is 36.5 Å².